The van der Waals surface area contributed by atoms with Gasteiger partial charge in [-0.25, -0.2) is 4.39 Å². The summed E-state index contributed by atoms with van der Waals surface area (Å²) >= 11 is 0. The molecule has 12 heteroatoms. The van der Waals surface area contributed by atoms with Crippen molar-refractivity contribution in [3.8, 4) is 23.3 Å². The summed E-state index contributed by atoms with van der Waals surface area (Å²) in [4.78, 5) is 23.1. The molecule has 200 valence electrons. The molecule has 1 amide bonds. The zero-order valence-corrected chi connectivity index (χ0v) is 20.2. The van der Waals surface area contributed by atoms with Crippen LogP contribution in [0.15, 0.2) is 72.8 Å². The molecule has 3 aromatic carbocycles. The molecule has 0 saturated carbocycles. The maximum atomic E-state index is 13.1. The molecule has 0 heterocycles. The van der Waals surface area contributed by atoms with E-state index in [4.69, 9.17) is 9.47 Å². The van der Waals surface area contributed by atoms with E-state index >= 15 is 0 Å². The Morgan fingerprint density at radius 3 is 2.41 bits per heavy atom. The van der Waals surface area contributed by atoms with Crippen LogP contribution in [0.2, 0.25) is 0 Å². The van der Waals surface area contributed by atoms with E-state index in [2.05, 4.69) is 11.9 Å². The highest BCUT2D eigenvalue weighted by atomic mass is 19.4. The van der Waals surface area contributed by atoms with E-state index in [1.54, 1.807) is 6.07 Å². The minimum Gasteiger partial charge on any atom is -0.493 e. The fourth-order valence-corrected chi connectivity index (χ4v) is 3.42. The highest BCUT2D eigenvalue weighted by Crippen LogP contribution is 2.42. The summed E-state index contributed by atoms with van der Waals surface area (Å²) in [6.07, 6.45) is -1.95. The van der Waals surface area contributed by atoms with Gasteiger partial charge in [0.1, 0.15) is 17.5 Å². The summed E-state index contributed by atoms with van der Waals surface area (Å²) in [5, 5.41) is 23.5. The zero-order chi connectivity index (χ0) is 28.7. The first-order valence-corrected chi connectivity index (χ1v) is 11.0. The quantitative estimate of drug-likeness (QED) is 0.0793. The number of hydrogen-bond donors (Lipinski definition) is 1. The summed E-state index contributed by atoms with van der Waals surface area (Å²) in [5.41, 5.74) is -1.52. The van der Waals surface area contributed by atoms with Crippen molar-refractivity contribution in [2.45, 2.75) is 12.6 Å². The van der Waals surface area contributed by atoms with Gasteiger partial charge in [-0.2, -0.15) is 18.4 Å². The van der Waals surface area contributed by atoms with E-state index in [0.717, 1.165) is 18.2 Å². The molecule has 0 fully saturated rings. The first kappa shape index (κ1) is 28.4. The minimum absolute atomic E-state index is 0.0195. The van der Waals surface area contributed by atoms with Gasteiger partial charge in [0.15, 0.2) is 11.5 Å². The lowest BCUT2D eigenvalue weighted by Crippen LogP contribution is -2.13. The van der Waals surface area contributed by atoms with Crippen molar-refractivity contribution in [3.63, 3.8) is 0 Å². The average Bonchev–Trinajstić information content (AvgIpc) is 2.89. The van der Waals surface area contributed by atoms with Gasteiger partial charge in [0, 0.05) is 17.3 Å². The van der Waals surface area contributed by atoms with Crippen LogP contribution in [0.5, 0.6) is 17.2 Å². The number of nitro benzene ring substituents is 1. The predicted molar refractivity (Wildman–Crippen MR) is 134 cm³/mol. The number of allylic oxidation sites excluding steroid dienone is 1. The van der Waals surface area contributed by atoms with E-state index in [9.17, 15) is 37.7 Å². The Morgan fingerprint density at radius 2 is 1.85 bits per heavy atom. The second-order valence-electron chi connectivity index (χ2n) is 7.87. The molecule has 0 atom stereocenters. The SMILES string of the molecule is C=CCc1cc(/C=C(\C#N)C(=O)Nc2ccc(F)cc2)cc(OC)c1Oc1ccc(C(F)(F)F)cc1[N+](=O)[O-]. The molecule has 8 nitrogen and oxygen atoms in total. The molecule has 0 aliphatic heterocycles. The third-order valence-corrected chi connectivity index (χ3v) is 5.21. The van der Waals surface area contributed by atoms with Crippen LogP contribution in [-0.4, -0.2) is 17.9 Å². The number of nitro groups is 1. The molecule has 0 radical (unpaired) electrons. The number of alkyl halides is 3. The molecule has 0 unspecified atom stereocenters. The Hall–Kier alpha value is -5.18. The Labute approximate surface area is 219 Å². The van der Waals surface area contributed by atoms with E-state index < -0.39 is 39.8 Å². The van der Waals surface area contributed by atoms with Crippen molar-refractivity contribution < 1.29 is 36.8 Å². The number of carbonyl (C=O) groups is 1. The Balaban J connectivity index is 2.03. The van der Waals surface area contributed by atoms with Gasteiger partial charge in [-0.1, -0.05) is 6.08 Å². The summed E-state index contributed by atoms with van der Waals surface area (Å²) in [6, 6.07) is 11.4. The predicted octanol–water partition coefficient (Wildman–Crippen LogP) is 6.83. The van der Waals surface area contributed by atoms with Crippen molar-refractivity contribution in [1.29, 1.82) is 5.26 Å². The normalized spacial score (nSPS) is 11.3. The monoisotopic (exact) mass is 541 g/mol. The number of rotatable bonds is 9. The first-order valence-electron chi connectivity index (χ1n) is 11.0. The second kappa shape index (κ2) is 11.9. The van der Waals surface area contributed by atoms with Gasteiger partial charge in [0.2, 0.25) is 5.75 Å². The summed E-state index contributed by atoms with van der Waals surface area (Å²) in [6.45, 7) is 3.64. The average molecular weight is 541 g/mol. The number of anilines is 1. The summed E-state index contributed by atoms with van der Waals surface area (Å²) in [5.74, 6) is -1.75. The molecule has 3 rings (SSSR count). The molecule has 3 aromatic rings. The van der Waals surface area contributed by atoms with E-state index in [0.29, 0.717) is 23.3 Å². The van der Waals surface area contributed by atoms with Crippen LogP contribution in [0.3, 0.4) is 0 Å². The number of carbonyl (C=O) groups excluding carboxylic acids is 1. The fourth-order valence-electron chi connectivity index (χ4n) is 3.42. The third-order valence-electron chi connectivity index (χ3n) is 5.21. The number of nitrogens with zero attached hydrogens (tertiary/aromatic N) is 2. The van der Waals surface area contributed by atoms with Crippen LogP contribution in [0.25, 0.3) is 6.08 Å². The number of nitrogens with one attached hydrogen (secondary N) is 1. The summed E-state index contributed by atoms with van der Waals surface area (Å²) < 4.78 is 63.4. The lowest BCUT2D eigenvalue weighted by Gasteiger charge is -2.16. The molecule has 0 aromatic heterocycles. The number of amides is 1. The number of benzene rings is 3. The van der Waals surface area contributed by atoms with Crippen molar-refractivity contribution in [3.05, 3.63) is 105 Å². The van der Waals surface area contributed by atoms with Crippen LogP contribution in [-0.2, 0) is 17.4 Å². The van der Waals surface area contributed by atoms with Crippen LogP contribution in [0.4, 0.5) is 28.9 Å². The standard InChI is InChI=1S/C27H19F4N3O5/c1-3-4-17-11-16(12-18(15-32)26(35)33-21-8-6-20(28)7-9-21)13-24(38-2)25(17)39-23-10-5-19(27(29,30)31)14-22(23)34(36)37/h3,5-14H,1,4H2,2H3,(H,33,35)/b18-12+. The molecule has 0 bridgehead atoms. The van der Waals surface area contributed by atoms with Crippen LogP contribution < -0.4 is 14.8 Å². The number of ether oxygens (including phenoxy) is 2. The van der Waals surface area contributed by atoms with Gasteiger partial charge in [-0.05, 0) is 66.6 Å². The van der Waals surface area contributed by atoms with Gasteiger partial charge in [-0.3, -0.25) is 14.9 Å². The number of nitriles is 1. The molecule has 0 aliphatic carbocycles. The largest absolute Gasteiger partial charge is 0.493 e. The molecule has 39 heavy (non-hydrogen) atoms. The minimum atomic E-state index is -4.80. The smallest absolute Gasteiger partial charge is 0.416 e. The van der Waals surface area contributed by atoms with E-state index in [-0.39, 0.29) is 29.2 Å². The van der Waals surface area contributed by atoms with Crippen LogP contribution in [0, 0.1) is 27.3 Å². The molecule has 1 N–H and O–H groups in total. The molecule has 0 saturated heterocycles. The van der Waals surface area contributed by atoms with Crippen molar-refractivity contribution >= 4 is 23.4 Å². The van der Waals surface area contributed by atoms with Crippen molar-refractivity contribution in [1.82, 2.24) is 0 Å². The Kier molecular flexibility index (Phi) is 8.67. The Bertz CT molecular complexity index is 1490. The first-order chi connectivity index (χ1) is 18.5. The topological polar surface area (TPSA) is 114 Å². The highest BCUT2D eigenvalue weighted by molar-refractivity contribution is 6.09. The van der Waals surface area contributed by atoms with Gasteiger partial charge in [0.05, 0.1) is 17.6 Å². The van der Waals surface area contributed by atoms with Gasteiger partial charge < -0.3 is 14.8 Å². The third kappa shape index (κ3) is 6.98. The number of hydrogen-bond acceptors (Lipinski definition) is 6. The zero-order valence-electron chi connectivity index (χ0n) is 20.2. The molecule has 0 aliphatic rings. The second-order valence-corrected chi connectivity index (χ2v) is 7.87. The highest BCUT2D eigenvalue weighted by Gasteiger charge is 2.33. The maximum Gasteiger partial charge on any atom is 0.416 e. The van der Waals surface area contributed by atoms with Gasteiger partial charge in [0.25, 0.3) is 5.91 Å². The summed E-state index contributed by atoms with van der Waals surface area (Å²) in [7, 11) is 1.26. The molecular weight excluding hydrogens is 522 g/mol. The fraction of sp³-hybridized carbons (Fsp3) is 0.111. The van der Waals surface area contributed by atoms with Crippen LogP contribution in [0.1, 0.15) is 16.7 Å². The van der Waals surface area contributed by atoms with Crippen molar-refractivity contribution in [2.24, 2.45) is 0 Å². The number of halogens is 4. The van der Waals surface area contributed by atoms with Crippen LogP contribution >= 0.6 is 0 Å². The molecule has 0 spiro atoms. The van der Waals surface area contributed by atoms with Crippen molar-refractivity contribution in [2.75, 3.05) is 12.4 Å². The van der Waals surface area contributed by atoms with E-state index in [1.165, 1.54) is 43.5 Å². The lowest BCUT2D eigenvalue weighted by atomic mass is 10.0. The number of methoxy groups -OCH3 is 1. The van der Waals surface area contributed by atoms with Gasteiger partial charge in [-0.15, -0.1) is 6.58 Å². The van der Waals surface area contributed by atoms with Gasteiger partial charge >= 0.3 is 11.9 Å². The molecular formula is C27H19F4N3O5. The van der Waals surface area contributed by atoms with E-state index in [1.807, 2.05) is 0 Å². The lowest BCUT2D eigenvalue weighted by molar-refractivity contribution is -0.385. The maximum absolute atomic E-state index is 13.1. The Morgan fingerprint density at radius 1 is 1.15 bits per heavy atom.